The molecule has 0 aliphatic carbocycles. The van der Waals surface area contributed by atoms with Crippen molar-refractivity contribution in [1.82, 2.24) is 5.32 Å². The van der Waals surface area contributed by atoms with Crippen molar-refractivity contribution in [3.05, 3.63) is 29.8 Å². The number of anilines is 1. The average Bonchev–Trinajstić information content (AvgIpc) is 2.63. The van der Waals surface area contributed by atoms with Crippen molar-refractivity contribution < 1.29 is 32.8 Å². The number of benzene rings is 1. The maximum Gasteiger partial charge on any atom is 0.314 e. The summed E-state index contributed by atoms with van der Waals surface area (Å²) in [6.45, 7) is 3.24. The van der Waals surface area contributed by atoms with Crippen LogP contribution in [-0.4, -0.2) is 50.6 Å². The molecule has 2 atom stereocenters. The number of carbonyl (C=O) groups excluding carboxylic acids is 3. The predicted octanol–water partition coefficient (Wildman–Crippen LogP) is -0.122. The van der Waals surface area contributed by atoms with E-state index in [1.54, 1.807) is 6.92 Å². The SMILES string of the molecule is CCOC(=O)[C@@H]1CCC[NH+](CC(=O)NCC(=O)Nc2ccc(F)c(F)c2)C1. The second kappa shape index (κ2) is 9.96. The van der Waals surface area contributed by atoms with Crippen molar-refractivity contribution in [2.24, 2.45) is 5.92 Å². The van der Waals surface area contributed by atoms with Gasteiger partial charge in [-0.25, -0.2) is 8.78 Å². The molecular weight excluding hydrogens is 360 g/mol. The lowest BCUT2D eigenvalue weighted by atomic mass is 9.98. The topological polar surface area (TPSA) is 88.9 Å². The van der Waals surface area contributed by atoms with Gasteiger partial charge in [-0.3, -0.25) is 14.4 Å². The van der Waals surface area contributed by atoms with E-state index in [1.165, 1.54) is 6.07 Å². The van der Waals surface area contributed by atoms with E-state index in [0.29, 0.717) is 13.2 Å². The number of nitrogens with one attached hydrogen (secondary N) is 3. The van der Waals surface area contributed by atoms with Crippen LogP contribution in [0.1, 0.15) is 19.8 Å². The van der Waals surface area contributed by atoms with Gasteiger partial charge in [-0.1, -0.05) is 0 Å². The fourth-order valence-corrected chi connectivity index (χ4v) is 3.02. The molecule has 7 nitrogen and oxygen atoms in total. The molecule has 1 aromatic carbocycles. The van der Waals surface area contributed by atoms with E-state index in [-0.39, 0.29) is 36.6 Å². The average molecular weight is 384 g/mol. The maximum absolute atomic E-state index is 13.1. The van der Waals surface area contributed by atoms with Gasteiger partial charge in [-0.05, 0) is 31.9 Å². The summed E-state index contributed by atoms with van der Waals surface area (Å²) in [6.07, 6.45) is 1.57. The first kappa shape index (κ1) is 20.8. The monoisotopic (exact) mass is 384 g/mol. The van der Waals surface area contributed by atoms with E-state index in [9.17, 15) is 23.2 Å². The van der Waals surface area contributed by atoms with Gasteiger partial charge in [-0.2, -0.15) is 0 Å². The Morgan fingerprint density at radius 2 is 2.00 bits per heavy atom. The second-order valence-corrected chi connectivity index (χ2v) is 6.43. The summed E-state index contributed by atoms with van der Waals surface area (Å²) in [6, 6.07) is 3.00. The molecule has 0 spiro atoms. The Bertz CT molecular complexity index is 699. The Balaban J connectivity index is 1.74. The third-order valence-electron chi connectivity index (χ3n) is 4.30. The maximum atomic E-state index is 13.1. The largest absolute Gasteiger partial charge is 0.466 e. The highest BCUT2D eigenvalue weighted by atomic mass is 19.2. The van der Waals surface area contributed by atoms with Crippen LogP contribution in [0.5, 0.6) is 0 Å². The molecule has 3 N–H and O–H groups in total. The minimum atomic E-state index is -1.07. The van der Waals surface area contributed by atoms with Gasteiger partial charge in [0.25, 0.3) is 5.91 Å². The molecule has 2 amide bonds. The van der Waals surface area contributed by atoms with Crippen molar-refractivity contribution in [3.8, 4) is 0 Å². The summed E-state index contributed by atoms with van der Waals surface area (Å²) in [5, 5.41) is 4.87. The minimum absolute atomic E-state index is 0.104. The molecule has 27 heavy (non-hydrogen) atoms. The highest BCUT2D eigenvalue weighted by Crippen LogP contribution is 2.12. The lowest BCUT2D eigenvalue weighted by molar-refractivity contribution is -0.899. The Morgan fingerprint density at radius 3 is 2.70 bits per heavy atom. The lowest BCUT2D eigenvalue weighted by Crippen LogP contribution is -3.14. The number of rotatable bonds is 7. The normalized spacial score (nSPS) is 19.2. The zero-order chi connectivity index (χ0) is 19.8. The van der Waals surface area contributed by atoms with Gasteiger partial charge >= 0.3 is 5.97 Å². The number of hydrogen-bond donors (Lipinski definition) is 3. The number of halogens is 2. The summed E-state index contributed by atoms with van der Waals surface area (Å²) in [7, 11) is 0. The molecule has 9 heteroatoms. The van der Waals surface area contributed by atoms with Crippen molar-refractivity contribution in [2.75, 3.05) is 38.1 Å². The van der Waals surface area contributed by atoms with E-state index in [0.717, 1.165) is 36.4 Å². The van der Waals surface area contributed by atoms with Gasteiger partial charge in [-0.15, -0.1) is 0 Å². The van der Waals surface area contributed by atoms with E-state index < -0.39 is 17.5 Å². The van der Waals surface area contributed by atoms with Crippen molar-refractivity contribution >= 4 is 23.5 Å². The minimum Gasteiger partial charge on any atom is -0.466 e. The Morgan fingerprint density at radius 1 is 1.22 bits per heavy atom. The Kier molecular flexibility index (Phi) is 7.66. The fourth-order valence-electron chi connectivity index (χ4n) is 3.02. The first-order chi connectivity index (χ1) is 12.9. The summed E-state index contributed by atoms with van der Waals surface area (Å²) in [5.41, 5.74) is 0.104. The molecule has 0 radical (unpaired) electrons. The van der Waals surface area contributed by atoms with Crippen molar-refractivity contribution in [1.29, 1.82) is 0 Å². The highest BCUT2D eigenvalue weighted by molar-refractivity contribution is 5.94. The molecule has 1 saturated heterocycles. The second-order valence-electron chi connectivity index (χ2n) is 6.43. The molecule has 148 valence electrons. The Labute approximate surface area is 156 Å². The van der Waals surface area contributed by atoms with Crippen LogP contribution in [0.2, 0.25) is 0 Å². The van der Waals surface area contributed by atoms with Gasteiger partial charge in [0.05, 0.1) is 26.2 Å². The van der Waals surface area contributed by atoms with Crippen LogP contribution in [0, 0.1) is 17.6 Å². The number of amides is 2. The summed E-state index contributed by atoms with van der Waals surface area (Å²) in [4.78, 5) is 36.6. The predicted molar refractivity (Wildman–Crippen MR) is 92.9 cm³/mol. The lowest BCUT2D eigenvalue weighted by Gasteiger charge is -2.28. The van der Waals surface area contributed by atoms with Crippen LogP contribution >= 0.6 is 0 Å². The van der Waals surface area contributed by atoms with E-state index in [2.05, 4.69) is 10.6 Å². The zero-order valence-electron chi connectivity index (χ0n) is 15.1. The summed E-state index contributed by atoms with van der Waals surface area (Å²) < 4.78 is 31.0. The number of likely N-dealkylation sites (tertiary alicyclic amines) is 1. The standard InChI is InChI=1S/C18H23F2N3O4/c1-2-27-18(26)12-4-3-7-23(10-12)11-17(25)21-9-16(24)22-13-5-6-14(19)15(20)8-13/h5-6,8,12H,2-4,7,9-11H2,1H3,(H,21,25)(H,22,24)/p+1/t12-/m1/s1. The first-order valence-electron chi connectivity index (χ1n) is 8.90. The molecule has 1 aliphatic heterocycles. The van der Waals surface area contributed by atoms with Gasteiger partial charge in [0.2, 0.25) is 5.91 Å². The number of ether oxygens (including phenoxy) is 1. The van der Waals surface area contributed by atoms with E-state index >= 15 is 0 Å². The van der Waals surface area contributed by atoms with Gasteiger partial charge in [0, 0.05) is 11.8 Å². The molecule has 0 bridgehead atoms. The third-order valence-corrected chi connectivity index (χ3v) is 4.30. The van der Waals surface area contributed by atoms with Crippen molar-refractivity contribution in [3.63, 3.8) is 0 Å². The smallest absolute Gasteiger partial charge is 0.314 e. The van der Waals surface area contributed by atoms with E-state index in [1.807, 2.05) is 0 Å². The van der Waals surface area contributed by atoms with Crippen LogP contribution in [0.15, 0.2) is 18.2 Å². The van der Waals surface area contributed by atoms with Crippen LogP contribution in [0.3, 0.4) is 0 Å². The molecule has 1 unspecified atom stereocenters. The quantitative estimate of drug-likeness (QED) is 0.572. The van der Waals surface area contributed by atoms with Crippen LogP contribution < -0.4 is 15.5 Å². The molecule has 1 aliphatic rings. The molecule has 0 saturated carbocycles. The molecule has 1 heterocycles. The molecule has 1 fully saturated rings. The number of carbonyl (C=O) groups is 3. The van der Waals surface area contributed by atoms with Gasteiger partial charge in [0.15, 0.2) is 18.2 Å². The molecule has 0 aromatic heterocycles. The number of piperidine rings is 1. The number of esters is 1. The Hall–Kier alpha value is -2.55. The molecular formula is C18H24F2N3O4+. The van der Waals surface area contributed by atoms with E-state index in [4.69, 9.17) is 4.74 Å². The van der Waals surface area contributed by atoms with Crippen molar-refractivity contribution in [2.45, 2.75) is 19.8 Å². The molecule has 1 aromatic rings. The summed E-state index contributed by atoms with van der Waals surface area (Å²) in [5.74, 6) is -3.39. The first-order valence-corrected chi connectivity index (χ1v) is 8.90. The van der Waals surface area contributed by atoms with Crippen LogP contribution in [0.25, 0.3) is 0 Å². The molecule has 2 rings (SSSR count). The fraction of sp³-hybridized carbons (Fsp3) is 0.500. The zero-order valence-corrected chi connectivity index (χ0v) is 15.1. The van der Waals surface area contributed by atoms with Crippen LogP contribution in [-0.2, 0) is 19.1 Å². The summed E-state index contributed by atoms with van der Waals surface area (Å²) >= 11 is 0. The number of quaternary nitrogens is 1. The van der Waals surface area contributed by atoms with Crippen LogP contribution in [0.4, 0.5) is 14.5 Å². The third kappa shape index (κ3) is 6.59. The van der Waals surface area contributed by atoms with Gasteiger partial charge in [0.1, 0.15) is 5.92 Å². The van der Waals surface area contributed by atoms with Gasteiger partial charge < -0.3 is 20.3 Å². The number of hydrogen-bond acceptors (Lipinski definition) is 4. The highest BCUT2D eigenvalue weighted by Gasteiger charge is 2.30.